The predicted molar refractivity (Wildman–Crippen MR) is 138 cm³/mol. The minimum absolute atomic E-state index is 0.0383. The predicted octanol–water partition coefficient (Wildman–Crippen LogP) is 5.17. The lowest BCUT2D eigenvalue weighted by atomic mass is 9.72. The van der Waals surface area contributed by atoms with Crippen molar-refractivity contribution in [2.24, 2.45) is 5.92 Å². The molecule has 1 aliphatic heterocycles. The SMILES string of the molecule is CCCCNCC1CCC(N2CCN(c3cccc4[nH]cnc34)CC2)CC1c1ccccc1F. The molecular weight excluding hydrogens is 425 g/mol. The van der Waals surface area contributed by atoms with Crippen molar-refractivity contribution in [3.05, 3.63) is 60.2 Å². The first kappa shape index (κ1) is 23.3. The summed E-state index contributed by atoms with van der Waals surface area (Å²) in [6.07, 6.45) is 7.61. The van der Waals surface area contributed by atoms with E-state index in [1.807, 2.05) is 18.2 Å². The van der Waals surface area contributed by atoms with Crippen LogP contribution in [0.2, 0.25) is 0 Å². The lowest BCUT2D eigenvalue weighted by Crippen LogP contribution is -2.52. The summed E-state index contributed by atoms with van der Waals surface area (Å²) < 4.78 is 14.9. The van der Waals surface area contributed by atoms with Gasteiger partial charge in [-0.25, -0.2) is 9.37 Å². The molecule has 5 nitrogen and oxygen atoms in total. The summed E-state index contributed by atoms with van der Waals surface area (Å²) in [5, 5.41) is 3.65. The molecule has 1 aliphatic carbocycles. The number of hydrogen-bond donors (Lipinski definition) is 2. The molecule has 0 radical (unpaired) electrons. The fourth-order valence-electron chi connectivity index (χ4n) is 6.07. The molecule has 182 valence electrons. The second kappa shape index (κ2) is 10.9. The van der Waals surface area contributed by atoms with Crippen molar-refractivity contribution in [2.45, 2.75) is 51.0 Å². The zero-order valence-corrected chi connectivity index (χ0v) is 20.3. The average molecular weight is 464 g/mol. The van der Waals surface area contributed by atoms with E-state index in [2.05, 4.69) is 50.2 Å². The van der Waals surface area contributed by atoms with Crippen LogP contribution in [0.3, 0.4) is 0 Å². The summed E-state index contributed by atoms with van der Waals surface area (Å²) >= 11 is 0. The van der Waals surface area contributed by atoms with Crippen LogP contribution in [-0.4, -0.2) is 60.2 Å². The van der Waals surface area contributed by atoms with Gasteiger partial charge in [0, 0.05) is 32.2 Å². The molecule has 2 fully saturated rings. The molecule has 1 saturated heterocycles. The van der Waals surface area contributed by atoms with Crippen LogP contribution in [0.4, 0.5) is 10.1 Å². The third-order valence-corrected chi connectivity index (χ3v) is 7.98. The average Bonchev–Trinajstić information content (AvgIpc) is 3.36. The molecule has 6 heteroatoms. The van der Waals surface area contributed by atoms with E-state index in [0.717, 1.165) is 68.7 Å². The van der Waals surface area contributed by atoms with Crippen LogP contribution >= 0.6 is 0 Å². The van der Waals surface area contributed by atoms with Gasteiger partial charge in [0.15, 0.2) is 0 Å². The summed E-state index contributed by atoms with van der Waals surface area (Å²) in [4.78, 5) is 12.9. The molecular formula is C28H38FN5. The van der Waals surface area contributed by atoms with Crippen molar-refractivity contribution in [1.82, 2.24) is 20.2 Å². The number of unbranched alkanes of at least 4 members (excludes halogenated alkanes) is 1. The van der Waals surface area contributed by atoms with Gasteiger partial charge in [-0.3, -0.25) is 4.90 Å². The molecule has 3 aromatic rings. The number of aromatic amines is 1. The van der Waals surface area contributed by atoms with Crippen molar-refractivity contribution >= 4 is 16.7 Å². The van der Waals surface area contributed by atoms with Gasteiger partial charge in [-0.05, 0) is 74.4 Å². The molecule has 0 amide bonds. The van der Waals surface area contributed by atoms with Crippen LogP contribution in [0.1, 0.15) is 50.5 Å². The Morgan fingerprint density at radius 2 is 1.91 bits per heavy atom. The van der Waals surface area contributed by atoms with Gasteiger partial charge in [0.25, 0.3) is 0 Å². The molecule has 2 N–H and O–H groups in total. The normalized spacial score (nSPS) is 24.1. The summed E-state index contributed by atoms with van der Waals surface area (Å²) in [6, 6.07) is 14.4. The molecule has 2 aliphatic rings. The summed E-state index contributed by atoms with van der Waals surface area (Å²) in [6.45, 7) is 8.40. The summed E-state index contributed by atoms with van der Waals surface area (Å²) in [5.74, 6) is 0.747. The van der Waals surface area contributed by atoms with Gasteiger partial charge in [-0.1, -0.05) is 37.6 Å². The number of aromatic nitrogens is 2. The molecule has 0 spiro atoms. The van der Waals surface area contributed by atoms with Crippen molar-refractivity contribution in [1.29, 1.82) is 0 Å². The number of imidazole rings is 1. The number of benzene rings is 2. The second-order valence-corrected chi connectivity index (χ2v) is 10.0. The fourth-order valence-corrected chi connectivity index (χ4v) is 6.07. The van der Waals surface area contributed by atoms with Crippen LogP contribution in [0.25, 0.3) is 11.0 Å². The first-order valence-corrected chi connectivity index (χ1v) is 13.1. The topological polar surface area (TPSA) is 47.2 Å². The number of anilines is 1. The Morgan fingerprint density at radius 1 is 1.06 bits per heavy atom. The number of halogens is 1. The van der Waals surface area contributed by atoms with Crippen LogP contribution in [0.5, 0.6) is 0 Å². The van der Waals surface area contributed by atoms with E-state index in [1.54, 1.807) is 12.4 Å². The van der Waals surface area contributed by atoms with Crippen molar-refractivity contribution in [2.75, 3.05) is 44.2 Å². The van der Waals surface area contributed by atoms with Crippen LogP contribution in [0.15, 0.2) is 48.8 Å². The summed E-state index contributed by atoms with van der Waals surface area (Å²) in [7, 11) is 0. The number of nitrogens with one attached hydrogen (secondary N) is 2. The van der Waals surface area contributed by atoms with Crippen LogP contribution < -0.4 is 10.2 Å². The maximum absolute atomic E-state index is 14.9. The van der Waals surface area contributed by atoms with E-state index in [4.69, 9.17) is 0 Å². The van der Waals surface area contributed by atoms with Gasteiger partial charge < -0.3 is 15.2 Å². The van der Waals surface area contributed by atoms with Crippen molar-refractivity contribution in [3.8, 4) is 0 Å². The Kier molecular flexibility index (Phi) is 7.45. The first-order chi connectivity index (χ1) is 16.7. The maximum atomic E-state index is 14.9. The number of rotatable bonds is 8. The molecule has 2 aromatic carbocycles. The quantitative estimate of drug-likeness (QED) is 0.453. The second-order valence-electron chi connectivity index (χ2n) is 10.0. The highest BCUT2D eigenvalue weighted by molar-refractivity contribution is 5.88. The Morgan fingerprint density at radius 3 is 2.74 bits per heavy atom. The Bertz CT molecular complexity index is 1060. The Labute approximate surface area is 202 Å². The third-order valence-electron chi connectivity index (χ3n) is 7.98. The minimum Gasteiger partial charge on any atom is -0.367 e. The standard InChI is InChI=1S/C28H38FN5/c1-2-3-13-30-19-21-11-12-22(18-24(21)23-7-4-5-8-25(23)29)33-14-16-34(17-15-33)27-10-6-9-26-28(27)32-20-31-26/h4-10,20-22,24,30H,2-3,11-19H2,1H3,(H,31,32). The number of nitrogens with zero attached hydrogens (tertiary/aromatic N) is 3. The fraction of sp³-hybridized carbons (Fsp3) is 0.536. The molecule has 1 saturated carbocycles. The Balaban J connectivity index is 1.25. The molecule has 2 heterocycles. The molecule has 0 bridgehead atoms. The number of H-pyrrole nitrogens is 1. The van der Waals surface area contributed by atoms with Crippen LogP contribution in [-0.2, 0) is 0 Å². The number of fused-ring (bicyclic) bond motifs is 1. The highest BCUT2D eigenvalue weighted by Gasteiger charge is 2.36. The third kappa shape index (κ3) is 4.98. The van der Waals surface area contributed by atoms with Crippen molar-refractivity contribution in [3.63, 3.8) is 0 Å². The monoisotopic (exact) mass is 463 g/mol. The van der Waals surface area contributed by atoms with E-state index in [1.165, 1.54) is 24.9 Å². The lowest BCUT2D eigenvalue weighted by Gasteiger charge is -2.45. The largest absolute Gasteiger partial charge is 0.367 e. The van der Waals surface area contributed by atoms with E-state index < -0.39 is 0 Å². The minimum atomic E-state index is -0.0383. The smallest absolute Gasteiger partial charge is 0.126 e. The van der Waals surface area contributed by atoms with Gasteiger partial charge in [0.1, 0.15) is 11.3 Å². The lowest BCUT2D eigenvalue weighted by molar-refractivity contribution is 0.114. The molecule has 3 atom stereocenters. The molecule has 34 heavy (non-hydrogen) atoms. The molecule has 3 unspecified atom stereocenters. The maximum Gasteiger partial charge on any atom is 0.126 e. The van der Waals surface area contributed by atoms with Gasteiger partial charge >= 0.3 is 0 Å². The van der Waals surface area contributed by atoms with E-state index >= 15 is 0 Å². The van der Waals surface area contributed by atoms with E-state index in [9.17, 15) is 4.39 Å². The highest BCUT2D eigenvalue weighted by atomic mass is 19.1. The molecule has 1 aromatic heterocycles. The van der Waals surface area contributed by atoms with E-state index in [-0.39, 0.29) is 11.7 Å². The highest BCUT2D eigenvalue weighted by Crippen LogP contribution is 2.40. The van der Waals surface area contributed by atoms with Gasteiger partial charge in [-0.2, -0.15) is 0 Å². The zero-order valence-electron chi connectivity index (χ0n) is 20.3. The van der Waals surface area contributed by atoms with E-state index in [0.29, 0.717) is 12.0 Å². The molecule has 5 rings (SSSR count). The van der Waals surface area contributed by atoms with Crippen molar-refractivity contribution < 1.29 is 4.39 Å². The summed E-state index contributed by atoms with van der Waals surface area (Å²) in [5.41, 5.74) is 4.30. The first-order valence-electron chi connectivity index (χ1n) is 13.1. The Hall–Kier alpha value is -2.44. The zero-order chi connectivity index (χ0) is 23.3. The van der Waals surface area contributed by atoms with Gasteiger partial charge in [0.05, 0.1) is 17.5 Å². The number of hydrogen-bond acceptors (Lipinski definition) is 4. The van der Waals surface area contributed by atoms with Gasteiger partial charge in [-0.15, -0.1) is 0 Å². The van der Waals surface area contributed by atoms with Gasteiger partial charge in [0.2, 0.25) is 0 Å². The number of para-hydroxylation sites is 1. The number of piperazine rings is 1. The van der Waals surface area contributed by atoms with Crippen LogP contribution in [0, 0.1) is 11.7 Å².